The molecular formula is C16H13N5O. The van der Waals surface area contributed by atoms with Crippen LogP contribution in [-0.2, 0) is 6.42 Å². The Kier molecular flexibility index (Phi) is 2.93. The number of anilines is 1. The smallest absolute Gasteiger partial charge is 0.262 e. The minimum absolute atomic E-state index is 0.0662. The first kappa shape index (κ1) is 12.7. The fourth-order valence-electron chi connectivity index (χ4n) is 2.76. The third-order valence-corrected chi connectivity index (χ3v) is 3.79. The second-order valence-corrected chi connectivity index (χ2v) is 5.05. The number of carbonyl (C=O) groups excluding carboxylic acids is 1. The predicted octanol–water partition coefficient (Wildman–Crippen LogP) is 1.87. The van der Waals surface area contributed by atoms with Gasteiger partial charge in [-0.2, -0.15) is 5.10 Å². The van der Waals surface area contributed by atoms with Gasteiger partial charge in [-0.3, -0.25) is 4.79 Å². The van der Waals surface area contributed by atoms with Gasteiger partial charge in [0.25, 0.3) is 5.91 Å². The molecule has 0 spiro atoms. The molecule has 3 heterocycles. The Balaban J connectivity index is 1.76. The molecule has 2 aromatic heterocycles. The molecule has 22 heavy (non-hydrogen) atoms. The number of benzene rings is 1. The molecule has 0 atom stereocenters. The summed E-state index contributed by atoms with van der Waals surface area (Å²) in [6.45, 7) is 0.684. The minimum Gasteiger partial charge on any atom is -0.308 e. The molecule has 1 aromatic carbocycles. The van der Waals surface area contributed by atoms with Crippen molar-refractivity contribution in [1.29, 1.82) is 0 Å². The summed E-state index contributed by atoms with van der Waals surface area (Å²) in [5.41, 5.74) is 2.69. The van der Waals surface area contributed by atoms with Crippen molar-refractivity contribution in [2.75, 3.05) is 11.4 Å². The van der Waals surface area contributed by atoms with Crippen molar-refractivity contribution in [2.24, 2.45) is 0 Å². The lowest BCUT2D eigenvalue weighted by molar-refractivity contribution is 0.0989. The van der Waals surface area contributed by atoms with Crippen molar-refractivity contribution in [3.05, 3.63) is 66.4 Å². The van der Waals surface area contributed by atoms with Gasteiger partial charge in [-0.15, -0.1) is 0 Å². The summed E-state index contributed by atoms with van der Waals surface area (Å²) in [6, 6.07) is 11.5. The van der Waals surface area contributed by atoms with Gasteiger partial charge in [0, 0.05) is 18.4 Å². The lowest BCUT2D eigenvalue weighted by Gasteiger charge is -2.18. The fourth-order valence-corrected chi connectivity index (χ4v) is 2.76. The number of hydrogen-bond donors (Lipinski definition) is 0. The molecular weight excluding hydrogens is 278 g/mol. The number of amides is 1. The van der Waals surface area contributed by atoms with Gasteiger partial charge in [-0.05, 0) is 30.2 Å². The summed E-state index contributed by atoms with van der Waals surface area (Å²) < 4.78 is 1.51. The summed E-state index contributed by atoms with van der Waals surface area (Å²) in [5.74, 6) is 0.429. The molecule has 6 heteroatoms. The van der Waals surface area contributed by atoms with Crippen LogP contribution in [0.2, 0.25) is 0 Å². The number of hydrogen-bond acceptors (Lipinski definition) is 4. The monoisotopic (exact) mass is 291 g/mol. The largest absolute Gasteiger partial charge is 0.308 e. The molecule has 0 unspecified atom stereocenters. The average molecular weight is 291 g/mol. The maximum Gasteiger partial charge on any atom is 0.262 e. The summed E-state index contributed by atoms with van der Waals surface area (Å²) in [6.07, 6.45) is 5.48. The molecule has 0 aliphatic carbocycles. The van der Waals surface area contributed by atoms with E-state index in [-0.39, 0.29) is 5.91 Å². The zero-order valence-electron chi connectivity index (χ0n) is 11.8. The summed E-state index contributed by atoms with van der Waals surface area (Å²) >= 11 is 0. The van der Waals surface area contributed by atoms with E-state index in [1.54, 1.807) is 23.2 Å². The first-order chi connectivity index (χ1) is 10.8. The highest BCUT2D eigenvalue weighted by Gasteiger charge is 2.27. The quantitative estimate of drug-likeness (QED) is 0.723. The first-order valence-corrected chi connectivity index (χ1v) is 7.04. The number of aromatic nitrogens is 4. The molecule has 0 bridgehead atoms. The van der Waals surface area contributed by atoms with Crippen LogP contribution in [0.3, 0.4) is 0 Å². The van der Waals surface area contributed by atoms with Crippen LogP contribution in [0.4, 0.5) is 5.69 Å². The van der Waals surface area contributed by atoms with E-state index in [0.717, 1.165) is 12.1 Å². The minimum atomic E-state index is -0.0662. The molecule has 0 saturated carbocycles. The van der Waals surface area contributed by atoms with E-state index < -0.39 is 0 Å². The maximum absolute atomic E-state index is 13.0. The van der Waals surface area contributed by atoms with Crippen molar-refractivity contribution in [3.8, 4) is 5.82 Å². The standard InChI is InChI=1S/C16H13N5O/c22-16(20-9-7-12-4-1-2-6-14(12)20)13-5-3-8-18-15(13)21-11-17-10-19-21/h1-6,8,10-11H,7,9H2. The van der Waals surface area contributed by atoms with Crippen LogP contribution >= 0.6 is 0 Å². The predicted molar refractivity (Wildman–Crippen MR) is 81.0 cm³/mol. The van der Waals surface area contributed by atoms with E-state index >= 15 is 0 Å². The van der Waals surface area contributed by atoms with E-state index in [4.69, 9.17) is 0 Å². The number of pyridine rings is 1. The molecule has 0 fully saturated rings. The van der Waals surface area contributed by atoms with Crippen LogP contribution in [0.1, 0.15) is 15.9 Å². The van der Waals surface area contributed by atoms with E-state index in [9.17, 15) is 4.79 Å². The first-order valence-electron chi connectivity index (χ1n) is 7.04. The fraction of sp³-hybridized carbons (Fsp3) is 0.125. The van der Waals surface area contributed by atoms with Gasteiger partial charge in [-0.1, -0.05) is 18.2 Å². The zero-order chi connectivity index (χ0) is 14.9. The molecule has 6 nitrogen and oxygen atoms in total. The number of para-hydroxylation sites is 1. The zero-order valence-corrected chi connectivity index (χ0v) is 11.8. The Labute approximate surface area is 127 Å². The lowest BCUT2D eigenvalue weighted by Crippen LogP contribution is -2.30. The van der Waals surface area contributed by atoms with Crippen LogP contribution in [0.15, 0.2) is 55.2 Å². The normalized spacial score (nSPS) is 13.2. The van der Waals surface area contributed by atoms with Crippen molar-refractivity contribution in [3.63, 3.8) is 0 Å². The van der Waals surface area contributed by atoms with Crippen molar-refractivity contribution >= 4 is 11.6 Å². The van der Waals surface area contributed by atoms with Crippen LogP contribution in [0.5, 0.6) is 0 Å². The van der Waals surface area contributed by atoms with Crippen molar-refractivity contribution in [2.45, 2.75) is 6.42 Å². The Hall–Kier alpha value is -3.02. The van der Waals surface area contributed by atoms with Crippen LogP contribution in [-0.4, -0.2) is 32.2 Å². The van der Waals surface area contributed by atoms with E-state index in [0.29, 0.717) is 17.9 Å². The van der Waals surface area contributed by atoms with Crippen LogP contribution in [0.25, 0.3) is 5.82 Å². The highest BCUT2D eigenvalue weighted by atomic mass is 16.2. The molecule has 3 aromatic rings. The Morgan fingerprint density at radius 3 is 2.91 bits per heavy atom. The molecule has 108 valence electrons. The SMILES string of the molecule is O=C(c1cccnc1-n1cncn1)N1CCc2ccccc21. The Bertz CT molecular complexity index is 828. The van der Waals surface area contributed by atoms with Gasteiger partial charge in [0.2, 0.25) is 0 Å². The molecule has 4 rings (SSSR count). The molecule has 0 saturated heterocycles. The van der Waals surface area contributed by atoms with Crippen molar-refractivity contribution < 1.29 is 4.79 Å². The van der Waals surface area contributed by atoms with Gasteiger partial charge in [-0.25, -0.2) is 14.6 Å². The molecule has 0 N–H and O–H groups in total. The third-order valence-electron chi connectivity index (χ3n) is 3.79. The van der Waals surface area contributed by atoms with E-state index in [2.05, 4.69) is 21.1 Å². The maximum atomic E-state index is 13.0. The second kappa shape index (κ2) is 5.07. The van der Waals surface area contributed by atoms with Gasteiger partial charge in [0.1, 0.15) is 12.7 Å². The highest BCUT2D eigenvalue weighted by Crippen LogP contribution is 2.29. The average Bonchev–Trinajstić information content (AvgIpc) is 3.24. The van der Waals surface area contributed by atoms with Crippen LogP contribution < -0.4 is 4.90 Å². The van der Waals surface area contributed by atoms with Gasteiger partial charge in [0.15, 0.2) is 5.82 Å². The van der Waals surface area contributed by atoms with Crippen molar-refractivity contribution in [1.82, 2.24) is 19.7 Å². The number of carbonyl (C=O) groups is 1. The Morgan fingerprint density at radius 1 is 1.14 bits per heavy atom. The van der Waals surface area contributed by atoms with E-state index in [1.165, 1.54) is 22.9 Å². The number of rotatable bonds is 2. The summed E-state index contributed by atoms with van der Waals surface area (Å²) in [5, 5.41) is 4.07. The van der Waals surface area contributed by atoms with Crippen LogP contribution in [0, 0.1) is 0 Å². The summed E-state index contributed by atoms with van der Waals surface area (Å²) in [7, 11) is 0. The second-order valence-electron chi connectivity index (χ2n) is 5.05. The summed E-state index contributed by atoms with van der Waals surface area (Å²) in [4.78, 5) is 23.0. The van der Waals surface area contributed by atoms with Gasteiger partial charge in [0.05, 0.1) is 5.56 Å². The lowest BCUT2D eigenvalue weighted by atomic mass is 10.1. The topological polar surface area (TPSA) is 63.9 Å². The third kappa shape index (κ3) is 1.96. The van der Waals surface area contributed by atoms with E-state index in [1.807, 2.05) is 18.2 Å². The number of fused-ring (bicyclic) bond motifs is 1. The highest BCUT2D eigenvalue weighted by molar-refractivity contribution is 6.09. The Morgan fingerprint density at radius 2 is 2.05 bits per heavy atom. The molecule has 1 amide bonds. The number of nitrogens with zero attached hydrogens (tertiary/aromatic N) is 5. The molecule has 1 aliphatic rings. The van der Waals surface area contributed by atoms with Gasteiger partial charge >= 0.3 is 0 Å². The molecule has 1 aliphatic heterocycles. The molecule has 0 radical (unpaired) electrons. The van der Waals surface area contributed by atoms with Gasteiger partial charge < -0.3 is 4.90 Å².